The smallest absolute Gasteiger partial charge is 0.418 e. The molecular formula is C20H21BrF3NO5. The number of nitrogens with one attached hydrogen (secondary N) is 1. The third-order valence-electron chi connectivity index (χ3n) is 5.05. The van der Waals surface area contributed by atoms with E-state index in [0.717, 1.165) is 6.08 Å². The number of hydrogen-bond donors (Lipinski definition) is 3. The Morgan fingerprint density at radius 2 is 1.73 bits per heavy atom. The normalized spacial score (nSPS) is 20.1. The minimum absolute atomic E-state index is 0.163. The Morgan fingerprint density at radius 1 is 1.13 bits per heavy atom. The number of carbonyl (C=O) groups is 3. The third kappa shape index (κ3) is 4.59. The van der Waals surface area contributed by atoms with Gasteiger partial charge in [0.2, 0.25) is 5.78 Å². The number of Topliss-reactive ketones (excluding diaryl/α,β-unsaturated/α-hetero) is 3. The first-order valence-electron chi connectivity index (χ1n) is 8.96. The van der Waals surface area contributed by atoms with Gasteiger partial charge in [-0.15, -0.1) is 0 Å². The van der Waals surface area contributed by atoms with E-state index in [1.165, 1.54) is 39.0 Å². The molecule has 3 N–H and O–H groups in total. The van der Waals surface area contributed by atoms with Crippen LogP contribution in [0.5, 0.6) is 5.75 Å². The molecule has 2 rings (SSSR count). The van der Waals surface area contributed by atoms with Crippen LogP contribution >= 0.6 is 15.9 Å². The van der Waals surface area contributed by atoms with E-state index in [2.05, 4.69) is 21.2 Å². The quantitative estimate of drug-likeness (QED) is 0.528. The average molecular weight is 492 g/mol. The lowest BCUT2D eigenvalue weighted by atomic mass is 9.74. The van der Waals surface area contributed by atoms with Crippen LogP contribution in [0.1, 0.15) is 32.8 Å². The number of phenolic OH excluding ortho intramolecular Hbond substituents is 1. The molecule has 6 nitrogen and oxygen atoms in total. The lowest BCUT2D eigenvalue weighted by molar-refractivity contribution is -0.264. The van der Waals surface area contributed by atoms with Crippen LogP contribution < -0.4 is 5.32 Å². The standard InChI is InChI=1S/C20H21BrF3NO5/c1-10-7-12(16(28)17(29)15(10)27)25-9-19(30,20(22,23)24)8-18(2,3)11-5-4-6-13(26)14(11)21/h4-7,10,25-26,30H,8-9H2,1-3H3. The highest BCUT2D eigenvalue weighted by Crippen LogP contribution is 2.44. The second kappa shape index (κ2) is 8.14. The van der Waals surface area contributed by atoms with Gasteiger partial charge in [0.05, 0.1) is 16.7 Å². The van der Waals surface area contributed by atoms with Gasteiger partial charge in [-0.2, -0.15) is 13.2 Å². The fraction of sp³-hybridized carbons (Fsp3) is 0.450. The van der Waals surface area contributed by atoms with E-state index in [4.69, 9.17) is 0 Å². The molecule has 0 radical (unpaired) electrons. The molecule has 0 saturated carbocycles. The van der Waals surface area contributed by atoms with Gasteiger partial charge in [-0.25, -0.2) is 0 Å². The summed E-state index contributed by atoms with van der Waals surface area (Å²) >= 11 is 3.15. The monoisotopic (exact) mass is 491 g/mol. The predicted molar refractivity (Wildman–Crippen MR) is 105 cm³/mol. The summed E-state index contributed by atoms with van der Waals surface area (Å²) in [5.74, 6) is -4.61. The summed E-state index contributed by atoms with van der Waals surface area (Å²) in [5.41, 5.74) is -4.65. The molecule has 1 aliphatic carbocycles. The van der Waals surface area contributed by atoms with Crippen LogP contribution in [0.4, 0.5) is 13.2 Å². The van der Waals surface area contributed by atoms with Crippen LogP contribution in [-0.4, -0.2) is 45.9 Å². The molecule has 0 saturated heterocycles. The molecule has 2 atom stereocenters. The Labute approximate surface area is 179 Å². The van der Waals surface area contributed by atoms with Crippen molar-refractivity contribution >= 4 is 33.3 Å². The van der Waals surface area contributed by atoms with Crippen molar-refractivity contribution < 1.29 is 37.8 Å². The van der Waals surface area contributed by atoms with Crippen molar-refractivity contribution in [3.8, 4) is 5.75 Å². The highest BCUT2D eigenvalue weighted by Gasteiger charge is 2.56. The Kier molecular flexibility index (Phi) is 6.54. The van der Waals surface area contributed by atoms with E-state index >= 15 is 0 Å². The van der Waals surface area contributed by atoms with Crippen molar-refractivity contribution in [2.45, 2.75) is 44.4 Å². The number of ketones is 3. The molecule has 0 amide bonds. The van der Waals surface area contributed by atoms with Gasteiger partial charge in [0, 0.05) is 5.92 Å². The van der Waals surface area contributed by atoms with Crippen molar-refractivity contribution in [1.29, 1.82) is 0 Å². The van der Waals surface area contributed by atoms with E-state index < -0.39 is 59.1 Å². The molecule has 0 aromatic heterocycles. The van der Waals surface area contributed by atoms with Gasteiger partial charge in [-0.3, -0.25) is 14.4 Å². The molecule has 0 heterocycles. The van der Waals surface area contributed by atoms with Crippen molar-refractivity contribution in [1.82, 2.24) is 5.32 Å². The number of aromatic hydroxyl groups is 1. The summed E-state index contributed by atoms with van der Waals surface area (Å²) in [5, 5.41) is 22.6. The Balaban J connectivity index is 2.34. The van der Waals surface area contributed by atoms with E-state index in [9.17, 15) is 37.8 Å². The van der Waals surface area contributed by atoms with Crippen LogP contribution in [0.25, 0.3) is 0 Å². The molecule has 30 heavy (non-hydrogen) atoms. The fourth-order valence-corrected chi connectivity index (χ4v) is 4.16. The first-order valence-corrected chi connectivity index (χ1v) is 9.75. The molecule has 0 fully saturated rings. The number of allylic oxidation sites excluding steroid dienone is 2. The first kappa shape index (κ1) is 24.1. The molecule has 0 bridgehead atoms. The lowest BCUT2D eigenvalue weighted by Crippen LogP contribution is -2.56. The second-order valence-electron chi connectivity index (χ2n) is 7.97. The molecule has 0 aliphatic heterocycles. The first-order chi connectivity index (χ1) is 13.6. The van der Waals surface area contributed by atoms with Crippen molar-refractivity contribution in [2.24, 2.45) is 5.92 Å². The third-order valence-corrected chi connectivity index (χ3v) is 5.88. The van der Waals surface area contributed by atoms with Crippen LogP contribution in [0.15, 0.2) is 34.4 Å². The number of benzene rings is 1. The molecule has 1 aromatic rings. The highest BCUT2D eigenvalue weighted by atomic mass is 79.9. The average Bonchev–Trinajstić information content (AvgIpc) is 2.62. The molecule has 1 aromatic carbocycles. The predicted octanol–water partition coefficient (Wildman–Crippen LogP) is 2.95. The van der Waals surface area contributed by atoms with E-state index in [1.807, 2.05) is 0 Å². The maximum atomic E-state index is 13.8. The van der Waals surface area contributed by atoms with Crippen LogP contribution in [0.3, 0.4) is 0 Å². The molecule has 0 spiro atoms. The van der Waals surface area contributed by atoms with Gasteiger partial charge in [-0.05, 0) is 45.5 Å². The van der Waals surface area contributed by atoms with Gasteiger partial charge in [0.25, 0.3) is 11.6 Å². The van der Waals surface area contributed by atoms with Crippen molar-refractivity contribution in [3.05, 3.63) is 40.0 Å². The summed E-state index contributed by atoms with van der Waals surface area (Å²) in [7, 11) is 0. The van der Waals surface area contributed by atoms with Crippen molar-refractivity contribution in [3.63, 3.8) is 0 Å². The van der Waals surface area contributed by atoms with E-state index in [0.29, 0.717) is 5.56 Å². The second-order valence-corrected chi connectivity index (χ2v) is 8.77. The Hall–Kier alpha value is -2.20. The van der Waals surface area contributed by atoms with Crippen molar-refractivity contribution in [2.75, 3.05) is 6.54 Å². The van der Waals surface area contributed by atoms with E-state index in [-0.39, 0.29) is 10.2 Å². The number of alkyl halides is 3. The highest BCUT2D eigenvalue weighted by molar-refractivity contribution is 9.10. The molecule has 2 unspecified atom stereocenters. The van der Waals surface area contributed by atoms with Crippen LogP contribution in [-0.2, 0) is 19.8 Å². The maximum absolute atomic E-state index is 13.8. The van der Waals surface area contributed by atoms with E-state index in [1.54, 1.807) is 0 Å². The number of halogens is 4. The molecular weight excluding hydrogens is 471 g/mol. The zero-order valence-electron chi connectivity index (χ0n) is 16.4. The van der Waals surface area contributed by atoms with Gasteiger partial charge in [0.1, 0.15) is 5.75 Å². The lowest BCUT2D eigenvalue weighted by Gasteiger charge is -2.38. The van der Waals surface area contributed by atoms with Gasteiger partial charge in [-0.1, -0.05) is 32.9 Å². The number of rotatable bonds is 6. The molecule has 10 heteroatoms. The summed E-state index contributed by atoms with van der Waals surface area (Å²) in [6, 6.07) is 4.35. The molecule has 1 aliphatic rings. The minimum Gasteiger partial charge on any atom is -0.507 e. The number of phenols is 1. The zero-order valence-corrected chi connectivity index (χ0v) is 18.0. The Bertz CT molecular complexity index is 926. The Morgan fingerprint density at radius 3 is 2.30 bits per heavy atom. The number of aliphatic hydroxyl groups is 1. The van der Waals surface area contributed by atoms with Gasteiger partial charge in [0.15, 0.2) is 5.60 Å². The summed E-state index contributed by atoms with van der Waals surface area (Å²) in [6.45, 7) is 3.17. The minimum atomic E-state index is -5.08. The summed E-state index contributed by atoms with van der Waals surface area (Å²) < 4.78 is 41.7. The largest absolute Gasteiger partial charge is 0.507 e. The van der Waals surface area contributed by atoms with Crippen LogP contribution in [0.2, 0.25) is 0 Å². The number of carbonyl (C=O) groups excluding carboxylic acids is 3. The van der Waals surface area contributed by atoms with Gasteiger partial charge < -0.3 is 15.5 Å². The maximum Gasteiger partial charge on any atom is 0.418 e. The SMILES string of the molecule is CC1C=C(NCC(O)(CC(C)(C)c2cccc(O)c2Br)C(F)(F)F)C(=O)C(=O)C1=O. The summed E-state index contributed by atoms with van der Waals surface area (Å²) in [6.07, 6.45) is -4.83. The molecule has 164 valence electrons. The van der Waals surface area contributed by atoms with Crippen LogP contribution in [0, 0.1) is 5.92 Å². The van der Waals surface area contributed by atoms with Gasteiger partial charge >= 0.3 is 6.18 Å². The topological polar surface area (TPSA) is 104 Å². The fourth-order valence-electron chi connectivity index (χ4n) is 3.35. The number of hydrogen-bond acceptors (Lipinski definition) is 6. The summed E-state index contributed by atoms with van der Waals surface area (Å²) in [4.78, 5) is 35.1. The zero-order chi connectivity index (χ0) is 23.1.